The van der Waals surface area contributed by atoms with Gasteiger partial charge in [0.2, 0.25) is 11.9 Å². The zero-order valence-corrected chi connectivity index (χ0v) is 10.8. The van der Waals surface area contributed by atoms with Crippen LogP contribution in [0.25, 0.3) is 5.82 Å². The molecule has 3 N–H and O–H groups in total. The van der Waals surface area contributed by atoms with Gasteiger partial charge in [-0.3, -0.25) is 0 Å². The van der Waals surface area contributed by atoms with Gasteiger partial charge in [0.15, 0.2) is 5.82 Å². The molecule has 0 unspecified atom stereocenters. The van der Waals surface area contributed by atoms with Crippen LogP contribution in [0.1, 0.15) is 24.9 Å². The lowest BCUT2D eigenvalue weighted by atomic mass is 10.4. The molecule has 0 aromatic carbocycles. The highest BCUT2D eigenvalue weighted by Crippen LogP contribution is 2.12. The van der Waals surface area contributed by atoms with Crippen LogP contribution in [-0.2, 0) is 0 Å². The second-order valence-electron chi connectivity index (χ2n) is 4.05. The van der Waals surface area contributed by atoms with E-state index in [4.69, 9.17) is 5.73 Å². The van der Waals surface area contributed by atoms with Crippen LogP contribution in [0.3, 0.4) is 0 Å². The Labute approximate surface area is 105 Å². The molecular formula is C11H17N7. The van der Waals surface area contributed by atoms with Gasteiger partial charge in [-0.05, 0) is 20.3 Å². The SMILES string of the molecule is CCCNc1nc(N)n(-c2cc(C)nc(C)n2)n1. The summed E-state index contributed by atoms with van der Waals surface area (Å²) in [6.07, 6.45) is 1.00. The first-order valence-corrected chi connectivity index (χ1v) is 5.89. The summed E-state index contributed by atoms with van der Waals surface area (Å²) in [4.78, 5) is 12.7. The van der Waals surface area contributed by atoms with Gasteiger partial charge >= 0.3 is 0 Å². The first-order valence-electron chi connectivity index (χ1n) is 5.89. The van der Waals surface area contributed by atoms with E-state index < -0.39 is 0 Å². The van der Waals surface area contributed by atoms with Crippen LogP contribution in [0.5, 0.6) is 0 Å². The van der Waals surface area contributed by atoms with Crippen molar-refractivity contribution in [2.75, 3.05) is 17.6 Å². The monoisotopic (exact) mass is 247 g/mol. The fraction of sp³-hybridized carbons (Fsp3) is 0.455. The maximum Gasteiger partial charge on any atom is 0.244 e. The molecule has 0 spiro atoms. The lowest BCUT2D eigenvalue weighted by Crippen LogP contribution is -2.07. The van der Waals surface area contributed by atoms with Gasteiger partial charge in [-0.2, -0.15) is 9.67 Å². The van der Waals surface area contributed by atoms with Crippen LogP contribution >= 0.6 is 0 Å². The minimum atomic E-state index is 0.311. The topological polar surface area (TPSA) is 94.5 Å². The number of aromatic nitrogens is 5. The standard InChI is InChI=1S/C11H17N7/c1-4-5-13-11-16-10(12)18(17-11)9-6-7(2)14-8(3)15-9/h6H,4-5H2,1-3H3,(H3,12,13,16,17). The molecule has 0 amide bonds. The second kappa shape index (κ2) is 4.99. The predicted molar refractivity (Wildman–Crippen MR) is 69.6 cm³/mol. The molecule has 96 valence electrons. The third-order valence-corrected chi connectivity index (χ3v) is 2.33. The summed E-state index contributed by atoms with van der Waals surface area (Å²) in [6.45, 7) is 6.62. The summed E-state index contributed by atoms with van der Waals surface area (Å²) in [5.74, 6) is 2.15. The average Bonchev–Trinajstić information content (AvgIpc) is 2.66. The van der Waals surface area contributed by atoms with Crippen molar-refractivity contribution in [2.24, 2.45) is 0 Å². The number of aryl methyl sites for hydroxylation is 2. The number of anilines is 2. The van der Waals surface area contributed by atoms with Crippen LogP contribution < -0.4 is 11.1 Å². The molecule has 0 bridgehead atoms. The van der Waals surface area contributed by atoms with Gasteiger partial charge in [-0.15, -0.1) is 5.10 Å². The van der Waals surface area contributed by atoms with E-state index in [0.717, 1.165) is 18.7 Å². The highest BCUT2D eigenvalue weighted by atomic mass is 15.4. The van der Waals surface area contributed by atoms with Crippen molar-refractivity contribution in [2.45, 2.75) is 27.2 Å². The molecular weight excluding hydrogens is 230 g/mol. The number of rotatable bonds is 4. The van der Waals surface area contributed by atoms with Gasteiger partial charge in [-0.25, -0.2) is 9.97 Å². The summed E-state index contributed by atoms with van der Waals surface area (Å²) >= 11 is 0. The lowest BCUT2D eigenvalue weighted by molar-refractivity contribution is 0.827. The van der Waals surface area contributed by atoms with Gasteiger partial charge in [0, 0.05) is 18.3 Å². The van der Waals surface area contributed by atoms with Crippen LogP contribution in [0, 0.1) is 13.8 Å². The van der Waals surface area contributed by atoms with Gasteiger partial charge in [-0.1, -0.05) is 6.92 Å². The molecule has 2 heterocycles. The predicted octanol–water partition coefficient (Wildman–Crippen LogP) is 1.08. The van der Waals surface area contributed by atoms with E-state index in [1.165, 1.54) is 4.68 Å². The summed E-state index contributed by atoms with van der Waals surface area (Å²) in [6, 6.07) is 1.82. The Bertz CT molecular complexity index is 526. The minimum Gasteiger partial charge on any atom is -0.368 e. The molecule has 0 aliphatic heterocycles. The van der Waals surface area contributed by atoms with E-state index in [-0.39, 0.29) is 0 Å². The number of nitrogens with one attached hydrogen (secondary N) is 1. The Hall–Kier alpha value is -2.18. The van der Waals surface area contributed by atoms with Gasteiger partial charge in [0.25, 0.3) is 0 Å². The van der Waals surface area contributed by atoms with E-state index in [1.807, 2.05) is 19.9 Å². The number of nitrogens with zero attached hydrogens (tertiary/aromatic N) is 5. The van der Waals surface area contributed by atoms with Crippen LogP contribution in [-0.4, -0.2) is 31.3 Å². The molecule has 2 aromatic heterocycles. The quantitative estimate of drug-likeness (QED) is 0.839. The molecule has 0 aliphatic carbocycles. The molecule has 2 aromatic rings. The Morgan fingerprint density at radius 2 is 2.06 bits per heavy atom. The number of nitrogens with two attached hydrogens (primary N) is 1. The molecule has 0 radical (unpaired) electrons. The average molecular weight is 247 g/mol. The van der Waals surface area contributed by atoms with Crippen molar-refractivity contribution < 1.29 is 0 Å². The fourth-order valence-corrected chi connectivity index (χ4v) is 1.61. The molecule has 7 nitrogen and oxygen atoms in total. The molecule has 0 saturated carbocycles. The Morgan fingerprint density at radius 1 is 1.28 bits per heavy atom. The summed E-state index contributed by atoms with van der Waals surface area (Å²) in [5, 5.41) is 7.37. The number of hydrogen-bond acceptors (Lipinski definition) is 6. The first kappa shape index (κ1) is 12.3. The largest absolute Gasteiger partial charge is 0.368 e. The highest BCUT2D eigenvalue weighted by molar-refractivity contribution is 5.38. The first-order chi connectivity index (χ1) is 8.60. The van der Waals surface area contributed by atoms with Crippen molar-refractivity contribution >= 4 is 11.9 Å². The number of hydrogen-bond donors (Lipinski definition) is 2. The normalized spacial score (nSPS) is 10.6. The maximum absolute atomic E-state index is 5.83. The second-order valence-corrected chi connectivity index (χ2v) is 4.05. The summed E-state index contributed by atoms with van der Waals surface area (Å²) < 4.78 is 1.51. The zero-order chi connectivity index (χ0) is 13.1. The van der Waals surface area contributed by atoms with Crippen LogP contribution in [0.4, 0.5) is 11.9 Å². The molecule has 7 heteroatoms. The van der Waals surface area contributed by atoms with Crippen molar-refractivity contribution in [3.63, 3.8) is 0 Å². The highest BCUT2D eigenvalue weighted by Gasteiger charge is 2.10. The Morgan fingerprint density at radius 3 is 2.72 bits per heavy atom. The van der Waals surface area contributed by atoms with E-state index >= 15 is 0 Å². The van der Waals surface area contributed by atoms with Crippen LogP contribution in [0.15, 0.2) is 6.07 Å². The van der Waals surface area contributed by atoms with Gasteiger partial charge < -0.3 is 11.1 Å². The van der Waals surface area contributed by atoms with Crippen molar-refractivity contribution in [3.8, 4) is 5.82 Å². The third-order valence-electron chi connectivity index (χ3n) is 2.33. The zero-order valence-electron chi connectivity index (χ0n) is 10.8. The van der Waals surface area contributed by atoms with E-state index in [9.17, 15) is 0 Å². The Balaban J connectivity index is 2.34. The maximum atomic E-state index is 5.83. The van der Waals surface area contributed by atoms with E-state index in [1.54, 1.807) is 0 Å². The van der Waals surface area contributed by atoms with Crippen molar-refractivity contribution in [1.82, 2.24) is 24.7 Å². The lowest BCUT2D eigenvalue weighted by Gasteiger charge is -2.03. The minimum absolute atomic E-state index is 0.311. The number of nitrogen functional groups attached to an aromatic ring is 1. The molecule has 0 atom stereocenters. The van der Waals surface area contributed by atoms with Gasteiger partial charge in [0.1, 0.15) is 5.82 Å². The van der Waals surface area contributed by atoms with Crippen molar-refractivity contribution in [3.05, 3.63) is 17.6 Å². The van der Waals surface area contributed by atoms with Gasteiger partial charge in [0.05, 0.1) is 0 Å². The molecule has 0 saturated heterocycles. The molecule has 0 aliphatic rings. The van der Waals surface area contributed by atoms with E-state index in [0.29, 0.717) is 23.5 Å². The molecule has 18 heavy (non-hydrogen) atoms. The van der Waals surface area contributed by atoms with Crippen molar-refractivity contribution in [1.29, 1.82) is 0 Å². The summed E-state index contributed by atoms with van der Waals surface area (Å²) in [7, 11) is 0. The molecule has 2 rings (SSSR count). The Kier molecular flexibility index (Phi) is 3.40. The summed E-state index contributed by atoms with van der Waals surface area (Å²) in [5.41, 5.74) is 6.71. The fourth-order valence-electron chi connectivity index (χ4n) is 1.61. The van der Waals surface area contributed by atoms with Crippen LogP contribution in [0.2, 0.25) is 0 Å². The third kappa shape index (κ3) is 2.55. The molecule has 0 fully saturated rings. The smallest absolute Gasteiger partial charge is 0.244 e. The van der Waals surface area contributed by atoms with E-state index in [2.05, 4.69) is 32.3 Å².